The molecule has 1 N–H and O–H groups in total. The zero-order valence-corrected chi connectivity index (χ0v) is 14.1. The molecule has 8 heteroatoms. The summed E-state index contributed by atoms with van der Waals surface area (Å²) >= 11 is 1.60. The quantitative estimate of drug-likeness (QED) is 0.909. The third kappa shape index (κ3) is 2.87. The van der Waals surface area contributed by atoms with Crippen LogP contribution in [0.15, 0.2) is 12.4 Å². The van der Waals surface area contributed by atoms with Crippen molar-refractivity contribution in [3.05, 3.63) is 28.5 Å². The first-order valence-corrected chi connectivity index (χ1v) is 9.03. The summed E-state index contributed by atoms with van der Waals surface area (Å²) in [5.41, 5.74) is 1.70. The minimum absolute atomic E-state index is 0.101. The van der Waals surface area contributed by atoms with Crippen molar-refractivity contribution in [3.8, 4) is 6.07 Å². The van der Waals surface area contributed by atoms with Gasteiger partial charge in [0.2, 0.25) is 0 Å². The fourth-order valence-corrected chi connectivity index (χ4v) is 4.35. The molecule has 1 aliphatic carbocycles. The minimum Gasteiger partial charge on any atom is -0.322 e. The third-order valence-corrected chi connectivity index (χ3v) is 5.69. The Morgan fingerprint density at radius 3 is 3.08 bits per heavy atom. The second-order valence-corrected chi connectivity index (χ2v) is 7.32. The van der Waals surface area contributed by atoms with Gasteiger partial charge in [0.1, 0.15) is 6.07 Å². The van der Waals surface area contributed by atoms with E-state index in [1.54, 1.807) is 33.3 Å². The highest BCUT2D eigenvalue weighted by Crippen LogP contribution is 2.30. The Labute approximate surface area is 143 Å². The number of likely N-dealkylation sites (tertiary alicyclic amines) is 1. The van der Waals surface area contributed by atoms with E-state index in [9.17, 15) is 4.79 Å². The summed E-state index contributed by atoms with van der Waals surface area (Å²) in [6.45, 7) is 1.28. The molecule has 0 bridgehead atoms. The van der Waals surface area contributed by atoms with Gasteiger partial charge in [-0.1, -0.05) is 0 Å². The molecule has 1 unspecified atom stereocenters. The highest BCUT2D eigenvalue weighted by Gasteiger charge is 2.28. The van der Waals surface area contributed by atoms with Gasteiger partial charge in [-0.2, -0.15) is 10.4 Å². The third-order valence-electron chi connectivity index (χ3n) is 4.61. The molecule has 4 rings (SSSR count). The molecule has 3 heterocycles. The van der Waals surface area contributed by atoms with Gasteiger partial charge in [0, 0.05) is 24.2 Å². The van der Waals surface area contributed by atoms with Crippen molar-refractivity contribution >= 4 is 22.5 Å². The molecule has 1 aliphatic heterocycles. The van der Waals surface area contributed by atoms with Gasteiger partial charge in [0.25, 0.3) is 0 Å². The number of hydrogen-bond donors (Lipinski definition) is 1. The number of rotatable bonds is 2. The van der Waals surface area contributed by atoms with Crippen LogP contribution in [0.4, 0.5) is 9.93 Å². The first-order valence-electron chi connectivity index (χ1n) is 8.21. The van der Waals surface area contributed by atoms with Crippen molar-refractivity contribution in [2.75, 3.05) is 18.4 Å². The van der Waals surface area contributed by atoms with Crippen LogP contribution in [-0.2, 0) is 12.8 Å². The highest BCUT2D eigenvalue weighted by molar-refractivity contribution is 7.15. The highest BCUT2D eigenvalue weighted by atomic mass is 32.1. The van der Waals surface area contributed by atoms with Crippen LogP contribution >= 0.6 is 11.3 Å². The van der Waals surface area contributed by atoms with E-state index in [0.717, 1.165) is 25.0 Å². The van der Waals surface area contributed by atoms with Crippen LogP contribution in [0.3, 0.4) is 0 Å². The van der Waals surface area contributed by atoms with E-state index < -0.39 is 0 Å². The molecule has 2 aliphatic rings. The van der Waals surface area contributed by atoms with Gasteiger partial charge in [-0.05, 0) is 32.1 Å². The fraction of sp³-hybridized carbons (Fsp3) is 0.500. The number of anilines is 1. The van der Waals surface area contributed by atoms with Crippen LogP contribution in [0.5, 0.6) is 0 Å². The smallest absolute Gasteiger partial charge is 0.322 e. The molecular weight excluding hydrogens is 324 g/mol. The van der Waals surface area contributed by atoms with E-state index in [4.69, 9.17) is 5.26 Å². The van der Waals surface area contributed by atoms with Crippen molar-refractivity contribution in [3.63, 3.8) is 0 Å². The summed E-state index contributed by atoms with van der Waals surface area (Å²) < 4.78 is 1.79. The van der Waals surface area contributed by atoms with Crippen LogP contribution in [0.25, 0.3) is 0 Å². The van der Waals surface area contributed by atoms with E-state index in [1.165, 1.54) is 17.7 Å². The number of amides is 2. The Morgan fingerprint density at radius 1 is 1.42 bits per heavy atom. The Bertz CT molecular complexity index is 780. The van der Waals surface area contributed by atoms with E-state index >= 15 is 0 Å². The number of carbonyl (C=O) groups is 1. The number of urea groups is 1. The fourth-order valence-electron chi connectivity index (χ4n) is 3.31. The summed E-state index contributed by atoms with van der Waals surface area (Å²) in [7, 11) is 0. The molecule has 0 spiro atoms. The SMILES string of the molecule is N#Cc1cnn(C2CCN(C(=O)Nc3nc4c(s3)CCCC4)C2)c1. The van der Waals surface area contributed by atoms with Crippen LogP contribution in [0.2, 0.25) is 0 Å². The molecule has 1 fully saturated rings. The molecule has 1 atom stereocenters. The maximum Gasteiger partial charge on any atom is 0.323 e. The maximum atomic E-state index is 12.5. The summed E-state index contributed by atoms with van der Waals surface area (Å²) in [5, 5.41) is 16.8. The van der Waals surface area contributed by atoms with Gasteiger partial charge in [-0.25, -0.2) is 9.78 Å². The first-order chi connectivity index (χ1) is 11.7. The lowest BCUT2D eigenvalue weighted by Crippen LogP contribution is -2.33. The second kappa shape index (κ2) is 6.24. The first kappa shape index (κ1) is 15.1. The zero-order chi connectivity index (χ0) is 16.5. The summed E-state index contributed by atoms with van der Waals surface area (Å²) in [6.07, 6.45) is 8.64. The van der Waals surface area contributed by atoms with Crippen LogP contribution in [0, 0.1) is 11.3 Å². The number of carbonyl (C=O) groups excluding carboxylic acids is 1. The minimum atomic E-state index is -0.101. The lowest BCUT2D eigenvalue weighted by molar-refractivity contribution is 0.220. The van der Waals surface area contributed by atoms with Crippen LogP contribution in [-0.4, -0.2) is 38.8 Å². The molecule has 2 aromatic rings. The molecule has 24 heavy (non-hydrogen) atoms. The largest absolute Gasteiger partial charge is 0.323 e. The Morgan fingerprint density at radius 2 is 2.29 bits per heavy atom. The molecule has 124 valence electrons. The van der Waals surface area contributed by atoms with Crippen LogP contribution in [0.1, 0.15) is 41.4 Å². The monoisotopic (exact) mass is 342 g/mol. The average molecular weight is 342 g/mol. The van der Waals surface area contributed by atoms with Crippen molar-refractivity contribution in [1.82, 2.24) is 19.7 Å². The standard InChI is InChI=1S/C16H18N6OS/c17-7-11-8-18-22(9-11)12-5-6-21(10-12)16(23)20-15-19-13-3-1-2-4-14(13)24-15/h8-9,12H,1-6,10H2,(H,19,20,23). The van der Waals surface area contributed by atoms with E-state index in [-0.39, 0.29) is 12.1 Å². The van der Waals surface area contributed by atoms with E-state index in [1.807, 2.05) is 0 Å². The van der Waals surface area contributed by atoms with E-state index in [0.29, 0.717) is 23.8 Å². The lowest BCUT2D eigenvalue weighted by Gasteiger charge is -2.16. The van der Waals surface area contributed by atoms with Gasteiger partial charge in [0.05, 0.1) is 23.5 Å². The van der Waals surface area contributed by atoms with Crippen LogP contribution < -0.4 is 5.32 Å². The predicted octanol–water partition coefficient (Wildman–Crippen LogP) is 2.57. The van der Waals surface area contributed by atoms with Gasteiger partial charge >= 0.3 is 6.03 Å². The molecule has 1 saturated heterocycles. The molecule has 7 nitrogen and oxygen atoms in total. The molecule has 2 amide bonds. The Hall–Kier alpha value is -2.40. The number of aromatic nitrogens is 3. The van der Waals surface area contributed by atoms with Gasteiger partial charge in [-0.3, -0.25) is 10.00 Å². The second-order valence-electron chi connectivity index (χ2n) is 6.24. The van der Waals surface area contributed by atoms with Gasteiger partial charge < -0.3 is 4.90 Å². The summed E-state index contributed by atoms with van der Waals surface area (Å²) in [4.78, 5) is 20.1. The van der Waals surface area contributed by atoms with Gasteiger partial charge in [-0.15, -0.1) is 11.3 Å². The number of thiazole rings is 1. The normalized spacial score (nSPS) is 19.8. The zero-order valence-electron chi connectivity index (χ0n) is 13.2. The molecule has 2 aromatic heterocycles. The molecule has 0 aromatic carbocycles. The number of nitriles is 1. The predicted molar refractivity (Wildman–Crippen MR) is 89.9 cm³/mol. The summed E-state index contributed by atoms with van der Waals surface area (Å²) in [6, 6.07) is 2.10. The van der Waals surface area contributed by atoms with Crippen molar-refractivity contribution in [2.24, 2.45) is 0 Å². The maximum absolute atomic E-state index is 12.5. The number of hydrogen-bond acceptors (Lipinski definition) is 5. The van der Waals surface area contributed by atoms with Gasteiger partial charge in [0.15, 0.2) is 5.13 Å². The molecular formula is C16H18N6OS. The molecule has 0 radical (unpaired) electrons. The summed E-state index contributed by atoms with van der Waals surface area (Å²) in [5.74, 6) is 0. The van der Waals surface area contributed by atoms with Crippen molar-refractivity contribution in [1.29, 1.82) is 5.26 Å². The Balaban J connectivity index is 1.39. The molecule has 0 saturated carbocycles. The van der Waals surface area contributed by atoms with Crippen molar-refractivity contribution in [2.45, 2.75) is 38.1 Å². The number of fused-ring (bicyclic) bond motifs is 1. The Kier molecular flexibility index (Phi) is 3.94. The average Bonchev–Trinajstić information content (AvgIpc) is 3.32. The number of nitrogens with one attached hydrogen (secondary N) is 1. The van der Waals surface area contributed by atoms with E-state index in [2.05, 4.69) is 21.5 Å². The lowest BCUT2D eigenvalue weighted by atomic mass is 10.0. The topological polar surface area (TPSA) is 86.8 Å². The number of nitrogens with zero attached hydrogens (tertiary/aromatic N) is 5. The van der Waals surface area contributed by atoms with Crippen molar-refractivity contribution < 1.29 is 4.79 Å². The number of aryl methyl sites for hydroxylation is 2.